The summed E-state index contributed by atoms with van der Waals surface area (Å²) in [6.07, 6.45) is -0.0621. The highest BCUT2D eigenvalue weighted by Gasteiger charge is 2.26. The molecule has 1 aliphatic heterocycles. The number of alkyl carbamates (subject to hydrolysis) is 1. The van der Waals surface area contributed by atoms with Crippen molar-refractivity contribution in [1.29, 1.82) is 0 Å². The first-order valence-electron chi connectivity index (χ1n) is 6.56. The third-order valence-corrected chi connectivity index (χ3v) is 2.72. The molecule has 7 heteroatoms. The lowest BCUT2D eigenvalue weighted by molar-refractivity contribution is -0.114. The van der Waals surface area contributed by atoms with Crippen molar-refractivity contribution in [3.63, 3.8) is 0 Å². The van der Waals surface area contributed by atoms with Gasteiger partial charge in [0, 0.05) is 13.0 Å². The lowest BCUT2D eigenvalue weighted by Gasteiger charge is -2.22. The predicted molar refractivity (Wildman–Crippen MR) is 74.4 cm³/mol. The quantitative estimate of drug-likeness (QED) is 0.466. The van der Waals surface area contributed by atoms with Gasteiger partial charge in [-0.15, -0.1) is 0 Å². The normalized spacial score (nSPS) is 23.4. The van der Waals surface area contributed by atoms with Gasteiger partial charge in [-0.2, -0.15) is 0 Å². The van der Waals surface area contributed by atoms with Crippen LogP contribution in [0.25, 0.3) is 0 Å². The molecule has 0 aromatic rings. The maximum absolute atomic E-state index is 11.8. The van der Waals surface area contributed by atoms with E-state index in [1.807, 2.05) is 6.92 Å². The molecule has 1 N–H and O–H groups in total. The number of hydrogen-bond donors (Lipinski definition) is 1. The minimum atomic E-state index is -0.642. The van der Waals surface area contributed by atoms with Gasteiger partial charge in [0.15, 0.2) is 0 Å². The van der Waals surface area contributed by atoms with Gasteiger partial charge in [0.25, 0.3) is 0 Å². The molecule has 0 aromatic heterocycles. The van der Waals surface area contributed by atoms with E-state index in [0.717, 1.165) is 0 Å². The first kappa shape index (κ1) is 16.4. The molecule has 1 heterocycles. The molecule has 0 bridgehead atoms. The number of carbonyl (C=O) groups is 2. The zero-order chi connectivity index (χ0) is 15.3. The standard InChI is InChI=1S/C13H23N3O4/c1-9-6-19-7-10(9)14-11(16(5)8-17)15-12(18)20-13(2,3)4/h8-10H,6-7H2,1-5H3,(H,14,15,18). The van der Waals surface area contributed by atoms with Crippen LogP contribution in [0.2, 0.25) is 0 Å². The second-order valence-corrected chi connectivity index (χ2v) is 5.88. The Morgan fingerprint density at radius 3 is 2.55 bits per heavy atom. The zero-order valence-electron chi connectivity index (χ0n) is 12.7. The van der Waals surface area contributed by atoms with Crippen LogP contribution in [0.5, 0.6) is 0 Å². The monoisotopic (exact) mass is 285 g/mol. The predicted octanol–water partition coefficient (Wildman–Crippen LogP) is 0.990. The number of amides is 2. The number of rotatable bonds is 2. The molecule has 1 rings (SSSR count). The van der Waals surface area contributed by atoms with Crippen molar-refractivity contribution >= 4 is 18.5 Å². The summed E-state index contributed by atoms with van der Waals surface area (Å²) in [6, 6.07) is -0.0812. The van der Waals surface area contributed by atoms with Crippen LogP contribution in [0.15, 0.2) is 4.99 Å². The number of hydrogen-bond acceptors (Lipinski definition) is 5. The summed E-state index contributed by atoms with van der Waals surface area (Å²) in [5.74, 6) is 0.405. The van der Waals surface area contributed by atoms with Gasteiger partial charge < -0.3 is 9.47 Å². The third kappa shape index (κ3) is 5.16. The van der Waals surface area contributed by atoms with E-state index in [9.17, 15) is 9.59 Å². The van der Waals surface area contributed by atoms with E-state index in [1.165, 1.54) is 11.9 Å². The van der Waals surface area contributed by atoms with Crippen molar-refractivity contribution < 1.29 is 19.1 Å². The molecule has 1 aliphatic rings. The molecule has 1 saturated heterocycles. The Hall–Kier alpha value is -1.63. The minimum absolute atomic E-state index is 0.0812. The highest BCUT2D eigenvalue weighted by molar-refractivity contribution is 5.98. The Balaban J connectivity index is 2.77. The Labute approximate surface area is 119 Å². The summed E-state index contributed by atoms with van der Waals surface area (Å²) in [6.45, 7) is 8.40. The van der Waals surface area contributed by atoms with Crippen LogP contribution >= 0.6 is 0 Å². The third-order valence-electron chi connectivity index (χ3n) is 2.72. The van der Waals surface area contributed by atoms with Gasteiger partial charge in [0.1, 0.15) is 5.60 Å². The molecule has 20 heavy (non-hydrogen) atoms. The van der Waals surface area contributed by atoms with E-state index in [-0.39, 0.29) is 17.9 Å². The first-order valence-corrected chi connectivity index (χ1v) is 6.56. The smallest absolute Gasteiger partial charge is 0.414 e. The van der Waals surface area contributed by atoms with Crippen LogP contribution in [0.3, 0.4) is 0 Å². The second-order valence-electron chi connectivity index (χ2n) is 5.88. The van der Waals surface area contributed by atoms with Crippen molar-refractivity contribution in [2.24, 2.45) is 10.9 Å². The number of guanidine groups is 1. The Kier molecular flexibility index (Phi) is 5.50. The Morgan fingerprint density at radius 1 is 1.45 bits per heavy atom. The highest BCUT2D eigenvalue weighted by Crippen LogP contribution is 2.16. The van der Waals surface area contributed by atoms with Crippen LogP contribution < -0.4 is 5.32 Å². The number of aliphatic imine (C=N–C) groups is 1. The summed E-state index contributed by atoms with van der Waals surface area (Å²) >= 11 is 0. The van der Waals surface area contributed by atoms with Crippen molar-refractivity contribution in [2.45, 2.75) is 39.3 Å². The summed E-state index contributed by atoms with van der Waals surface area (Å²) in [7, 11) is 1.52. The fraction of sp³-hybridized carbons (Fsp3) is 0.769. The lowest BCUT2D eigenvalue weighted by atomic mass is 10.1. The van der Waals surface area contributed by atoms with Crippen molar-refractivity contribution in [3.8, 4) is 0 Å². The summed E-state index contributed by atoms with van der Waals surface area (Å²) in [5, 5.41) is 2.50. The molecule has 7 nitrogen and oxygen atoms in total. The van der Waals surface area contributed by atoms with E-state index < -0.39 is 11.7 Å². The summed E-state index contributed by atoms with van der Waals surface area (Å²) in [4.78, 5) is 28.2. The SMILES string of the molecule is CC1COCC1N=C(NC(=O)OC(C)(C)C)N(C)C=O. The van der Waals surface area contributed by atoms with E-state index >= 15 is 0 Å². The van der Waals surface area contributed by atoms with Crippen LogP contribution in [-0.2, 0) is 14.3 Å². The van der Waals surface area contributed by atoms with Crippen LogP contribution in [-0.4, -0.2) is 55.3 Å². The zero-order valence-corrected chi connectivity index (χ0v) is 12.7. The topological polar surface area (TPSA) is 80.2 Å². The maximum Gasteiger partial charge on any atom is 0.414 e. The van der Waals surface area contributed by atoms with Crippen LogP contribution in [0.4, 0.5) is 4.79 Å². The summed E-state index contributed by atoms with van der Waals surface area (Å²) < 4.78 is 10.5. The molecule has 0 radical (unpaired) electrons. The van der Waals surface area contributed by atoms with Gasteiger partial charge in [0.05, 0.1) is 19.3 Å². The lowest BCUT2D eigenvalue weighted by Crippen LogP contribution is -2.44. The molecule has 0 spiro atoms. The van der Waals surface area contributed by atoms with Gasteiger partial charge in [0.2, 0.25) is 12.4 Å². The Bertz CT molecular complexity index is 390. The molecule has 2 atom stereocenters. The molecule has 114 valence electrons. The van der Waals surface area contributed by atoms with Gasteiger partial charge in [-0.3, -0.25) is 15.0 Å². The number of ether oxygens (including phenoxy) is 2. The van der Waals surface area contributed by atoms with Crippen molar-refractivity contribution in [1.82, 2.24) is 10.2 Å². The number of nitrogens with zero attached hydrogens (tertiary/aromatic N) is 2. The van der Waals surface area contributed by atoms with E-state index in [1.54, 1.807) is 20.8 Å². The molecule has 0 aromatic carbocycles. The maximum atomic E-state index is 11.8. The fourth-order valence-corrected chi connectivity index (χ4v) is 1.63. The molecular weight excluding hydrogens is 262 g/mol. The van der Waals surface area contributed by atoms with Crippen molar-refractivity contribution in [2.75, 3.05) is 20.3 Å². The summed E-state index contributed by atoms with van der Waals surface area (Å²) in [5.41, 5.74) is -0.612. The first-order chi connectivity index (χ1) is 9.23. The van der Waals surface area contributed by atoms with Crippen molar-refractivity contribution in [3.05, 3.63) is 0 Å². The average molecular weight is 285 g/mol. The van der Waals surface area contributed by atoms with Gasteiger partial charge in [-0.25, -0.2) is 9.79 Å². The minimum Gasteiger partial charge on any atom is -0.444 e. The largest absolute Gasteiger partial charge is 0.444 e. The van der Waals surface area contributed by atoms with E-state index in [2.05, 4.69) is 10.3 Å². The van der Waals surface area contributed by atoms with E-state index in [4.69, 9.17) is 9.47 Å². The van der Waals surface area contributed by atoms with Crippen LogP contribution in [0.1, 0.15) is 27.7 Å². The molecule has 0 aliphatic carbocycles. The van der Waals surface area contributed by atoms with E-state index in [0.29, 0.717) is 19.6 Å². The Morgan fingerprint density at radius 2 is 2.10 bits per heavy atom. The van der Waals surface area contributed by atoms with Crippen LogP contribution in [0, 0.1) is 5.92 Å². The van der Waals surface area contributed by atoms with Gasteiger partial charge >= 0.3 is 6.09 Å². The molecule has 2 unspecified atom stereocenters. The average Bonchev–Trinajstić information content (AvgIpc) is 2.70. The number of nitrogens with one attached hydrogen (secondary N) is 1. The van der Waals surface area contributed by atoms with Gasteiger partial charge in [-0.05, 0) is 20.8 Å². The van der Waals surface area contributed by atoms with Gasteiger partial charge in [-0.1, -0.05) is 6.92 Å². The second kappa shape index (κ2) is 6.69. The highest BCUT2D eigenvalue weighted by atomic mass is 16.6. The fourth-order valence-electron chi connectivity index (χ4n) is 1.63. The molecule has 2 amide bonds. The molecule has 1 fully saturated rings. The molecular formula is C13H23N3O4. The number of carbonyl (C=O) groups excluding carboxylic acids is 2. The molecule has 0 saturated carbocycles.